The highest BCUT2D eigenvalue weighted by Gasteiger charge is 2.34. The summed E-state index contributed by atoms with van der Waals surface area (Å²) in [5.41, 5.74) is 0.755. The molecule has 4 nitrogen and oxygen atoms in total. The zero-order valence-electron chi connectivity index (χ0n) is 9.89. The molecule has 0 bridgehead atoms. The third kappa shape index (κ3) is 2.41. The zero-order valence-corrected chi connectivity index (χ0v) is 12.3. The van der Waals surface area contributed by atoms with E-state index in [0.29, 0.717) is 17.3 Å². The van der Waals surface area contributed by atoms with Crippen LogP contribution in [0.3, 0.4) is 0 Å². The topological polar surface area (TPSA) is 61.2 Å². The van der Waals surface area contributed by atoms with Crippen LogP contribution in [0.4, 0.5) is 0 Å². The third-order valence-electron chi connectivity index (χ3n) is 3.00. The summed E-state index contributed by atoms with van der Waals surface area (Å²) in [6.45, 7) is 2.19. The molecule has 0 aromatic carbocycles. The molecule has 1 aliphatic rings. The van der Waals surface area contributed by atoms with E-state index in [-0.39, 0.29) is 4.21 Å². The Bertz CT molecular complexity index is 569. The van der Waals surface area contributed by atoms with E-state index in [1.807, 2.05) is 0 Å². The SMILES string of the molecule is Cc1cc(S(=O)(=O)N2CCCCC2C#N)sc1Cl. The van der Waals surface area contributed by atoms with Gasteiger partial charge in [0.1, 0.15) is 10.3 Å². The molecule has 7 heteroatoms. The van der Waals surface area contributed by atoms with Gasteiger partial charge in [0.2, 0.25) is 0 Å². The van der Waals surface area contributed by atoms with E-state index in [0.717, 1.165) is 29.7 Å². The first-order valence-electron chi connectivity index (χ1n) is 5.64. The molecule has 2 heterocycles. The minimum absolute atomic E-state index is 0.229. The first-order valence-corrected chi connectivity index (χ1v) is 8.27. The summed E-state index contributed by atoms with van der Waals surface area (Å²) in [6.07, 6.45) is 2.30. The van der Waals surface area contributed by atoms with Gasteiger partial charge in [-0.05, 0) is 37.8 Å². The third-order valence-corrected chi connectivity index (χ3v) is 6.91. The van der Waals surface area contributed by atoms with Gasteiger partial charge in [-0.3, -0.25) is 0 Å². The number of thiophene rings is 1. The molecule has 18 heavy (non-hydrogen) atoms. The maximum absolute atomic E-state index is 12.4. The van der Waals surface area contributed by atoms with E-state index in [4.69, 9.17) is 16.9 Å². The number of rotatable bonds is 2. The van der Waals surface area contributed by atoms with Crippen LogP contribution in [0, 0.1) is 18.3 Å². The molecule has 1 aliphatic heterocycles. The highest BCUT2D eigenvalue weighted by Crippen LogP contribution is 2.34. The van der Waals surface area contributed by atoms with E-state index >= 15 is 0 Å². The molecule has 1 saturated heterocycles. The molecular weight excluding hydrogens is 292 g/mol. The number of hydrogen-bond acceptors (Lipinski definition) is 4. The van der Waals surface area contributed by atoms with Gasteiger partial charge < -0.3 is 0 Å². The predicted octanol–water partition coefficient (Wildman–Crippen LogP) is 2.78. The van der Waals surface area contributed by atoms with Crippen molar-refractivity contribution in [3.05, 3.63) is 16.0 Å². The Kier molecular flexibility index (Phi) is 3.97. The van der Waals surface area contributed by atoms with E-state index in [1.165, 1.54) is 4.31 Å². The molecule has 1 aromatic heterocycles. The fourth-order valence-corrected chi connectivity index (χ4v) is 5.44. The van der Waals surface area contributed by atoms with Crippen molar-refractivity contribution in [2.24, 2.45) is 0 Å². The summed E-state index contributed by atoms with van der Waals surface area (Å²) in [5.74, 6) is 0. The lowest BCUT2D eigenvalue weighted by molar-refractivity contribution is 0.297. The lowest BCUT2D eigenvalue weighted by Gasteiger charge is -2.29. The molecule has 0 amide bonds. The van der Waals surface area contributed by atoms with Crippen LogP contribution < -0.4 is 0 Å². The number of aryl methyl sites for hydroxylation is 1. The minimum atomic E-state index is -3.58. The average molecular weight is 305 g/mol. The number of nitrogens with zero attached hydrogens (tertiary/aromatic N) is 2. The summed E-state index contributed by atoms with van der Waals surface area (Å²) in [4.78, 5) is 0. The summed E-state index contributed by atoms with van der Waals surface area (Å²) < 4.78 is 26.9. The minimum Gasteiger partial charge on any atom is -0.206 e. The Morgan fingerprint density at radius 1 is 1.56 bits per heavy atom. The standard InChI is InChI=1S/C11H13ClN2O2S2/c1-8-6-10(17-11(8)12)18(15,16)14-5-3-2-4-9(14)7-13/h6,9H,2-5H2,1H3. The van der Waals surface area contributed by atoms with Crippen LogP contribution in [0.15, 0.2) is 10.3 Å². The fourth-order valence-electron chi connectivity index (χ4n) is 2.00. The molecule has 1 atom stereocenters. The Labute approximate surface area is 116 Å². The van der Waals surface area contributed by atoms with Gasteiger partial charge in [-0.2, -0.15) is 9.57 Å². The van der Waals surface area contributed by atoms with Gasteiger partial charge in [-0.1, -0.05) is 11.6 Å². The Morgan fingerprint density at radius 2 is 2.28 bits per heavy atom. The van der Waals surface area contributed by atoms with E-state index < -0.39 is 16.1 Å². The number of piperidine rings is 1. The Morgan fingerprint density at radius 3 is 2.83 bits per heavy atom. The van der Waals surface area contributed by atoms with E-state index in [9.17, 15) is 8.42 Å². The molecular formula is C11H13ClN2O2S2. The molecule has 0 saturated carbocycles. The first kappa shape index (κ1) is 13.8. The van der Waals surface area contributed by atoms with Crippen LogP contribution in [-0.4, -0.2) is 25.3 Å². The van der Waals surface area contributed by atoms with Gasteiger partial charge in [0, 0.05) is 6.54 Å². The predicted molar refractivity (Wildman–Crippen MR) is 71.2 cm³/mol. The molecule has 98 valence electrons. The molecule has 2 rings (SSSR count). The van der Waals surface area contributed by atoms with E-state index in [2.05, 4.69) is 6.07 Å². The van der Waals surface area contributed by atoms with Crippen molar-refractivity contribution in [1.29, 1.82) is 5.26 Å². The number of halogens is 1. The van der Waals surface area contributed by atoms with Crippen molar-refractivity contribution < 1.29 is 8.42 Å². The maximum atomic E-state index is 12.4. The highest BCUT2D eigenvalue weighted by molar-refractivity contribution is 7.91. The second kappa shape index (κ2) is 5.17. The lowest BCUT2D eigenvalue weighted by atomic mass is 10.1. The normalized spacial score (nSPS) is 21.7. The zero-order chi connectivity index (χ0) is 13.3. The fraction of sp³-hybridized carbons (Fsp3) is 0.545. The van der Waals surface area contributed by atoms with Crippen molar-refractivity contribution in [2.45, 2.75) is 36.4 Å². The van der Waals surface area contributed by atoms with Gasteiger partial charge in [-0.15, -0.1) is 11.3 Å². The van der Waals surface area contributed by atoms with Crippen LogP contribution in [0.2, 0.25) is 4.34 Å². The van der Waals surface area contributed by atoms with Crippen molar-refractivity contribution >= 4 is 33.0 Å². The molecule has 0 aliphatic carbocycles. The van der Waals surface area contributed by atoms with Crippen molar-refractivity contribution in [3.63, 3.8) is 0 Å². The van der Waals surface area contributed by atoms with Gasteiger partial charge in [0.25, 0.3) is 10.0 Å². The molecule has 0 spiro atoms. The highest BCUT2D eigenvalue weighted by atomic mass is 35.5. The summed E-state index contributed by atoms with van der Waals surface area (Å²) in [6, 6.07) is 3.09. The largest absolute Gasteiger partial charge is 0.253 e. The summed E-state index contributed by atoms with van der Waals surface area (Å²) >= 11 is 6.97. The van der Waals surface area contributed by atoms with Gasteiger partial charge in [0.15, 0.2) is 0 Å². The molecule has 1 aromatic rings. The van der Waals surface area contributed by atoms with Crippen LogP contribution in [0.1, 0.15) is 24.8 Å². The van der Waals surface area contributed by atoms with Crippen LogP contribution >= 0.6 is 22.9 Å². The maximum Gasteiger partial charge on any atom is 0.253 e. The van der Waals surface area contributed by atoms with Crippen molar-refractivity contribution in [2.75, 3.05) is 6.54 Å². The molecule has 1 unspecified atom stereocenters. The smallest absolute Gasteiger partial charge is 0.206 e. The average Bonchev–Trinajstić information content (AvgIpc) is 2.70. The van der Waals surface area contributed by atoms with Crippen LogP contribution in [0.25, 0.3) is 0 Å². The number of sulfonamides is 1. The monoisotopic (exact) mass is 304 g/mol. The quantitative estimate of drug-likeness (QED) is 0.844. The van der Waals surface area contributed by atoms with Crippen LogP contribution in [-0.2, 0) is 10.0 Å². The van der Waals surface area contributed by atoms with Gasteiger partial charge in [-0.25, -0.2) is 8.42 Å². The number of hydrogen-bond donors (Lipinski definition) is 0. The van der Waals surface area contributed by atoms with Gasteiger partial charge in [0.05, 0.1) is 10.4 Å². The van der Waals surface area contributed by atoms with Gasteiger partial charge >= 0.3 is 0 Å². The number of nitriles is 1. The van der Waals surface area contributed by atoms with Crippen molar-refractivity contribution in [3.8, 4) is 6.07 Å². The molecule has 0 radical (unpaired) electrons. The first-order chi connectivity index (χ1) is 8.46. The molecule has 0 N–H and O–H groups in total. The van der Waals surface area contributed by atoms with Crippen molar-refractivity contribution in [1.82, 2.24) is 4.31 Å². The Hall–Kier alpha value is -0.610. The molecule has 1 fully saturated rings. The second-order valence-electron chi connectivity index (χ2n) is 4.28. The van der Waals surface area contributed by atoms with E-state index in [1.54, 1.807) is 13.0 Å². The van der Waals surface area contributed by atoms with Crippen LogP contribution in [0.5, 0.6) is 0 Å². The summed E-state index contributed by atoms with van der Waals surface area (Å²) in [7, 11) is -3.58. The second-order valence-corrected chi connectivity index (χ2v) is 8.05. The Balaban J connectivity index is 2.38. The summed E-state index contributed by atoms with van der Waals surface area (Å²) in [5, 5.41) is 9.05. The lowest BCUT2D eigenvalue weighted by Crippen LogP contribution is -2.42.